The number of para-hydroxylation sites is 1. The lowest BCUT2D eigenvalue weighted by Crippen LogP contribution is -2.09. The quantitative estimate of drug-likeness (QED) is 0.748. The summed E-state index contributed by atoms with van der Waals surface area (Å²) in [5.41, 5.74) is 8.32. The molecule has 0 aliphatic heterocycles. The molecule has 92 valence electrons. The zero-order valence-corrected chi connectivity index (χ0v) is 12.2. The van der Waals surface area contributed by atoms with Crippen molar-refractivity contribution in [2.24, 2.45) is 5.73 Å². The number of hydrogen-bond donors (Lipinski definition) is 1. The Kier molecular flexibility index (Phi) is 3.01. The molecule has 0 radical (unpaired) electrons. The van der Waals surface area contributed by atoms with E-state index in [1.807, 2.05) is 42.6 Å². The van der Waals surface area contributed by atoms with Crippen LogP contribution in [0.1, 0.15) is 22.2 Å². The van der Waals surface area contributed by atoms with Gasteiger partial charge in [-0.1, -0.05) is 18.2 Å². The second-order valence-corrected chi connectivity index (χ2v) is 6.05. The molecule has 2 nitrogen and oxygen atoms in total. The Balaban J connectivity index is 2.10. The largest absolute Gasteiger partial charge is 0.459 e. The zero-order valence-electron chi connectivity index (χ0n) is 9.81. The fourth-order valence-corrected chi connectivity index (χ4v) is 3.67. The highest BCUT2D eigenvalue weighted by atomic mass is 79.9. The molecule has 0 amide bonds. The molecule has 3 rings (SSSR count). The molecular weight excluding hydrogens is 310 g/mol. The molecule has 0 fully saturated rings. The molecule has 0 aliphatic carbocycles. The number of thiophene rings is 1. The van der Waals surface area contributed by atoms with Crippen molar-refractivity contribution in [1.82, 2.24) is 0 Å². The number of furan rings is 1. The molecule has 2 heterocycles. The standard InChI is InChI=1S/C14H12BrNOS/c1-8-3-2-4-9-7-11(17-13(8)9)12(16)14-10(15)5-6-18-14/h2-7,12H,16H2,1H3. The lowest BCUT2D eigenvalue weighted by atomic mass is 10.1. The molecule has 0 bridgehead atoms. The number of hydrogen-bond acceptors (Lipinski definition) is 3. The summed E-state index contributed by atoms with van der Waals surface area (Å²) in [5.74, 6) is 0.808. The molecule has 0 saturated carbocycles. The van der Waals surface area contributed by atoms with E-state index in [9.17, 15) is 0 Å². The molecule has 1 atom stereocenters. The van der Waals surface area contributed by atoms with E-state index in [-0.39, 0.29) is 6.04 Å². The van der Waals surface area contributed by atoms with Gasteiger partial charge in [0.05, 0.1) is 6.04 Å². The average molecular weight is 322 g/mol. The van der Waals surface area contributed by atoms with Gasteiger partial charge in [0.25, 0.3) is 0 Å². The van der Waals surface area contributed by atoms with Gasteiger partial charge in [-0.05, 0) is 45.9 Å². The van der Waals surface area contributed by atoms with Crippen LogP contribution in [0, 0.1) is 6.92 Å². The van der Waals surface area contributed by atoms with E-state index < -0.39 is 0 Å². The van der Waals surface area contributed by atoms with Gasteiger partial charge in [-0.2, -0.15) is 0 Å². The first-order chi connectivity index (χ1) is 8.66. The zero-order chi connectivity index (χ0) is 12.7. The number of benzene rings is 1. The summed E-state index contributed by atoms with van der Waals surface area (Å²) in [6, 6.07) is 9.94. The molecular formula is C14H12BrNOS. The first-order valence-corrected chi connectivity index (χ1v) is 7.31. The molecule has 0 aliphatic rings. The van der Waals surface area contributed by atoms with Gasteiger partial charge in [0.2, 0.25) is 0 Å². The second kappa shape index (κ2) is 4.53. The number of aryl methyl sites for hydroxylation is 1. The topological polar surface area (TPSA) is 39.2 Å². The fourth-order valence-electron chi connectivity index (χ4n) is 2.04. The van der Waals surface area contributed by atoms with Crippen LogP contribution in [-0.4, -0.2) is 0 Å². The SMILES string of the molecule is Cc1cccc2cc(C(N)c3sccc3Br)oc12. The van der Waals surface area contributed by atoms with Crippen molar-refractivity contribution >= 4 is 38.2 Å². The smallest absolute Gasteiger partial charge is 0.137 e. The van der Waals surface area contributed by atoms with E-state index >= 15 is 0 Å². The highest BCUT2D eigenvalue weighted by Gasteiger charge is 2.18. The number of nitrogens with two attached hydrogens (primary N) is 1. The Hall–Kier alpha value is -1.10. The maximum atomic E-state index is 6.26. The van der Waals surface area contributed by atoms with Crippen molar-refractivity contribution in [3.63, 3.8) is 0 Å². The average Bonchev–Trinajstić information content (AvgIpc) is 2.95. The minimum Gasteiger partial charge on any atom is -0.459 e. The van der Waals surface area contributed by atoms with Crippen molar-refractivity contribution in [3.8, 4) is 0 Å². The number of rotatable bonds is 2. The van der Waals surface area contributed by atoms with Crippen molar-refractivity contribution in [1.29, 1.82) is 0 Å². The van der Waals surface area contributed by atoms with Crippen LogP contribution < -0.4 is 5.73 Å². The van der Waals surface area contributed by atoms with Gasteiger partial charge in [0, 0.05) is 14.7 Å². The Morgan fingerprint density at radius 3 is 2.83 bits per heavy atom. The first-order valence-electron chi connectivity index (χ1n) is 5.64. The van der Waals surface area contributed by atoms with Crippen molar-refractivity contribution in [2.75, 3.05) is 0 Å². The van der Waals surface area contributed by atoms with Gasteiger partial charge in [-0.3, -0.25) is 0 Å². The second-order valence-electron chi connectivity index (χ2n) is 4.25. The van der Waals surface area contributed by atoms with Gasteiger partial charge in [0.15, 0.2) is 0 Å². The lowest BCUT2D eigenvalue weighted by molar-refractivity contribution is 0.525. The van der Waals surface area contributed by atoms with Crippen LogP contribution in [0.3, 0.4) is 0 Å². The van der Waals surface area contributed by atoms with Gasteiger partial charge < -0.3 is 10.2 Å². The van der Waals surface area contributed by atoms with Crippen LogP contribution in [0.15, 0.2) is 44.6 Å². The first kappa shape index (κ1) is 12.0. The number of halogens is 1. The molecule has 4 heteroatoms. The van der Waals surface area contributed by atoms with Crippen molar-refractivity contribution in [2.45, 2.75) is 13.0 Å². The fraction of sp³-hybridized carbons (Fsp3) is 0.143. The summed E-state index contributed by atoms with van der Waals surface area (Å²) >= 11 is 5.15. The minimum atomic E-state index is -0.217. The molecule has 0 saturated heterocycles. The Morgan fingerprint density at radius 1 is 1.33 bits per heavy atom. The third kappa shape index (κ3) is 1.90. The highest BCUT2D eigenvalue weighted by Crippen LogP contribution is 2.34. The predicted molar refractivity (Wildman–Crippen MR) is 79.0 cm³/mol. The van der Waals surface area contributed by atoms with Crippen LogP contribution in [0.25, 0.3) is 11.0 Å². The van der Waals surface area contributed by atoms with Crippen LogP contribution in [0.2, 0.25) is 0 Å². The summed E-state index contributed by atoms with van der Waals surface area (Å²) in [5, 5.41) is 3.13. The van der Waals surface area contributed by atoms with Crippen LogP contribution in [0.4, 0.5) is 0 Å². The summed E-state index contributed by atoms with van der Waals surface area (Å²) < 4.78 is 6.94. The van der Waals surface area contributed by atoms with Gasteiger partial charge in [-0.25, -0.2) is 0 Å². The van der Waals surface area contributed by atoms with Gasteiger partial charge >= 0.3 is 0 Å². The van der Waals surface area contributed by atoms with Crippen molar-refractivity contribution < 1.29 is 4.42 Å². The van der Waals surface area contributed by atoms with Gasteiger partial charge in [-0.15, -0.1) is 11.3 Å². The van der Waals surface area contributed by atoms with E-state index in [4.69, 9.17) is 10.2 Å². The van der Waals surface area contributed by atoms with E-state index in [1.54, 1.807) is 11.3 Å². The molecule has 0 spiro atoms. The summed E-state index contributed by atoms with van der Waals surface area (Å²) in [4.78, 5) is 1.09. The summed E-state index contributed by atoms with van der Waals surface area (Å²) in [7, 11) is 0. The molecule has 3 aromatic rings. The Bertz CT molecular complexity index is 701. The Labute approximate surface area is 118 Å². The van der Waals surface area contributed by atoms with E-state index in [0.717, 1.165) is 31.6 Å². The van der Waals surface area contributed by atoms with Crippen molar-refractivity contribution in [3.05, 3.63) is 56.4 Å². The minimum absolute atomic E-state index is 0.217. The lowest BCUT2D eigenvalue weighted by Gasteiger charge is -2.06. The van der Waals surface area contributed by atoms with E-state index in [0.29, 0.717) is 0 Å². The molecule has 18 heavy (non-hydrogen) atoms. The van der Waals surface area contributed by atoms with E-state index in [1.165, 1.54) is 0 Å². The summed E-state index contributed by atoms with van der Waals surface area (Å²) in [6.45, 7) is 2.04. The third-order valence-corrected chi connectivity index (χ3v) is 4.95. The van der Waals surface area contributed by atoms with E-state index in [2.05, 4.69) is 15.9 Å². The number of fused-ring (bicyclic) bond motifs is 1. The molecule has 1 aromatic carbocycles. The highest BCUT2D eigenvalue weighted by molar-refractivity contribution is 9.10. The normalized spacial score (nSPS) is 13.1. The Morgan fingerprint density at radius 2 is 2.17 bits per heavy atom. The van der Waals surface area contributed by atoms with Crippen LogP contribution in [0.5, 0.6) is 0 Å². The maximum Gasteiger partial charge on any atom is 0.137 e. The molecule has 1 unspecified atom stereocenters. The molecule has 2 aromatic heterocycles. The predicted octanol–water partition coefficient (Wildman–Crippen LogP) is 4.61. The van der Waals surface area contributed by atoms with Crippen LogP contribution >= 0.6 is 27.3 Å². The molecule has 2 N–H and O–H groups in total. The summed E-state index contributed by atoms with van der Waals surface area (Å²) in [6.07, 6.45) is 0. The monoisotopic (exact) mass is 321 g/mol. The van der Waals surface area contributed by atoms with Crippen LogP contribution in [-0.2, 0) is 0 Å². The maximum absolute atomic E-state index is 6.26. The third-order valence-electron chi connectivity index (χ3n) is 2.99. The van der Waals surface area contributed by atoms with Gasteiger partial charge in [0.1, 0.15) is 11.3 Å².